The Morgan fingerprint density at radius 1 is 1.12 bits per heavy atom. The maximum Gasteiger partial charge on any atom is 0.247 e. The third-order valence-electron chi connectivity index (χ3n) is 4.98. The number of carbonyl (C=O) groups excluding carboxylic acids is 3. The maximum atomic E-state index is 12.8. The molecular weight excluding hydrogens is 424 g/mol. The van der Waals surface area contributed by atoms with E-state index in [1.807, 2.05) is 51.1 Å². The molecule has 1 atom stereocenters. The van der Waals surface area contributed by atoms with E-state index in [0.29, 0.717) is 23.1 Å². The lowest BCUT2D eigenvalue weighted by Gasteiger charge is -2.25. The van der Waals surface area contributed by atoms with Crippen LogP contribution in [0.3, 0.4) is 0 Å². The predicted octanol–water partition coefficient (Wildman–Crippen LogP) is 4.62. The van der Waals surface area contributed by atoms with Crippen LogP contribution >= 0.6 is 11.8 Å². The number of hydrogen-bond acceptors (Lipinski definition) is 5. The van der Waals surface area contributed by atoms with E-state index < -0.39 is 11.5 Å². The number of benzene rings is 2. The zero-order valence-corrected chi connectivity index (χ0v) is 19.6. The van der Waals surface area contributed by atoms with Crippen molar-refractivity contribution in [3.05, 3.63) is 71.3 Å². The molecule has 3 rings (SSSR count). The summed E-state index contributed by atoms with van der Waals surface area (Å²) in [5, 5.41) is 3.35. The van der Waals surface area contributed by atoms with Crippen LogP contribution in [-0.4, -0.2) is 34.3 Å². The molecule has 6 nitrogen and oxygen atoms in total. The average Bonchev–Trinajstić information content (AvgIpc) is 3.12. The molecule has 32 heavy (non-hydrogen) atoms. The van der Waals surface area contributed by atoms with Gasteiger partial charge in [0.1, 0.15) is 18.4 Å². The number of amides is 2. The Morgan fingerprint density at radius 2 is 1.78 bits per heavy atom. The van der Waals surface area contributed by atoms with Crippen molar-refractivity contribution in [3.63, 3.8) is 0 Å². The van der Waals surface area contributed by atoms with Crippen molar-refractivity contribution in [2.75, 3.05) is 11.1 Å². The Morgan fingerprint density at radius 3 is 2.41 bits per heavy atom. The number of ether oxygens (including phenoxy) is 1. The topological polar surface area (TPSA) is 75.7 Å². The van der Waals surface area contributed by atoms with Crippen LogP contribution in [0, 0.1) is 5.41 Å². The highest BCUT2D eigenvalue weighted by molar-refractivity contribution is 8.04. The molecule has 1 N–H and O–H groups in total. The summed E-state index contributed by atoms with van der Waals surface area (Å²) in [4.78, 5) is 39.0. The predicted molar refractivity (Wildman–Crippen MR) is 127 cm³/mol. The second-order valence-corrected chi connectivity index (χ2v) is 9.61. The molecule has 0 bridgehead atoms. The molecule has 0 spiro atoms. The molecule has 7 heteroatoms. The van der Waals surface area contributed by atoms with Crippen LogP contribution in [0.15, 0.2) is 65.7 Å². The molecule has 2 aromatic rings. The number of thioether (sulfide) groups is 1. The quantitative estimate of drug-likeness (QED) is 0.620. The summed E-state index contributed by atoms with van der Waals surface area (Å²) in [5.41, 5.74) is 1.12. The number of nitrogens with zero attached hydrogens (tertiary/aromatic N) is 1. The Balaban J connectivity index is 1.62. The van der Waals surface area contributed by atoms with E-state index in [4.69, 9.17) is 4.74 Å². The van der Waals surface area contributed by atoms with Crippen molar-refractivity contribution in [3.8, 4) is 5.75 Å². The van der Waals surface area contributed by atoms with Crippen LogP contribution in [0.1, 0.15) is 33.3 Å². The summed E-state index contributed by atoms with van der Waals surface area (Å²) < 4.78 is 5.77. The van der Waals surface area contributed by atoms with Gasteiger partial charge in [-0.25, -0.2) is 0 Å². The van der Waals surface area contributed by atoms with Gasteiger partial charge in [-0.3, -0.25) is 19.3 Å². The molecule has 0 radical (unpaired) electrons. The Bertz CT molecular complexity index is 1010. The average molecular weight is 453 g/mol. The van der Waals surface area contributed by atoms with Crippen LogP contribution in [0.2, 0.25) is 0 Å². The highest BCUT2D eigenvalue weighted by atomic mass is 32.2. The molecule has 168 valence electrons. The normalized spacial score (nSPS) is 16.2. The van der Waals surface area contributed by atoms with Crippen LogP contribution in [0.4, 0.5) is 5.69 Å². The van der Waals surface area contributed by atoms with Crippen molar-refractivity contribution >= 4 is 35.0 Å². The first-order chi connectivity index (χ1) is 15.1. The van der Waals surface area contributed by atoms with Crippen molar-refractivity contribution in [2.24, 2.45) is 5.41 Å². The first-order valence-electron chi connectivity index (χ1n) is 10.4. The third kappa shape index (κ3) is 6.01. The van der Waals surface area contributed by atoms with Crippen molar-refractivity contribution < 1.29 is 19.1 Å². The zero-order chi connectivity index (χ0) is 23.3. The van der Waals surface area contributed by atoms with Gasteiger partial charge in [0.2, 0.25) is 11.8 Å². The van der Waals surface area contributed by atoms with Crippen molar-refractivity contribution in [2.45, 2.75) is 40.3 Å². The zero-order valence-electron chi connectivity index (χ0n) is 18.8. The smallest absolute Gasteiger partial charge is 0.247 e. The molecule has 2 aromatic carbocycles. The molecule has 0 aromatic heterocycles. The summed E-state index contributed by atoms with van der Waals surface area (Å²) in [5.74, 6) is 0.312. The Hall–Kier alpha value is -3.06. The van der Waals surface area contributed by atoms with Gasteiger partial charge in [-0.1, -0.05) is 62.9 Å². The largest absolute Gasteiger partial charge is 0.489 e. The standard InChI is InChI=1S/C25H28N2O4S/c1-17(27-22(29)16-32-23(27)14-21(28)25(2,3)4)24(30)26-19-10-12-20(13-11-19)31-15-18-8-6-5-7-9-18/h5-14,17H,15-16H2,1-4H3,(H,26,30). The summed E-state index contributed by atoms with van der Waals surface area (Å²) in [6.07, 6.45) is 1.47. The molecule has 1 unspecified atom stereocenters. The molecule has 1 fully saturated rings. The number of hydrogen-bond donors (Lipinski definition) is 1. The van der Waals surface area contributed by atoms with Gasteiger partial charge in [0.15, 0.2) is 5.78 Å². The van der Waals surface area contributed by atoms with E-state index >= 15 is 0 Å². The Kier molecular flexibility index (Phi) is 7.40. The minimum atomic E-state index is -0.745. The monoisotopic (exact) mass is 452 g/mol. The summed E-state index contributed by atoms with van der Waals surface area (Å²) in [7, 11) is 0. The highest BCUT2D eigenvalue weighted by Gasteiger charge is 2.35. The summed E-state index contributed by atoms with van der Waals surface area (Å²) in [6, 6.07) is 16.2. The van der Waals surface area contributed by atoms with Gasteiger partial charge in [-0.2, -0.15) is 0 Å². The van der Waals surface area contributed by atoms with E-state index in [1.54, 1.807) is 31.2 Å². The maximum absolute atomic E-state index is 12.8. The number of carbonyl (C=O) groups is 3. The Labute approximate surface area is 193 Å². The molecule has 0 saturated carbocycles. The molecule has 1 aliphatic heterocycles. The van der Waals surface area contributed by atoms with Crippen LogP contribution in [-0.2, 0) is 21.0 Å². The van der Waals surface area contributed by atoms with Gasteiger partial charge >= 0.3 is 0 Å². The van der Waals surface area contributed by atoms with Crippen LogP contribution < -0.4 is 10.1 Å². The van der Waals surface area contributed by atoms with Crippen molar-refractivity contribution in [1.82, 2.24) is 4.90 Å². The minimum Gasteiger partial charge on any atom is -0.489 e. The van der Waals surface area contributed by atoms with Gasteiger partial charge < -0.3 is 10.1 Å². The number of ketones is 1. The third-order valence-corrected chi connectivity index (χ3v) is 5.98. The van der Waals surface area contributed by atoms with E-state index in [1.165, 1.54) is 22.7 Å². The molecule has 2 amide bonds. The molecule has 0 aliphatic carbocycles. The lowest BCUT2D eigenvalue weighted by Crippen LogP contribution is -2.42. The summed E-state index contributed by atoms with van der Waals surface area (Å²) >= 11 is 1.28. The molecule has 1 aliphatic rings. The molecule has 1 saturated heterocycles. The second kappa shape index (κ2) is 10.0. The molecular formula is C25H28N2O4S. The first-order valence-corrected chi connectivity index (χ1v) is 11.4. The summed E-state index contributed by atoms with van der Waals surface area (Å²) in [6.45, 7) is 7.58. The minimum absolute atomic E-state index is 0.0848. The first kappa shape index (κ1) is 23.6. The SMILES string of the molecule is CC(C(=O)Nc1ccc(OCc2ccccc2)cc1)N1C(=O)CSC1=CC(=O)C(C)(C)C. The molecule has 1 heterocycles. The number of allylic oxidation sites excluding steroid dienone is 1. The van der Waals surface area contributed by atoms with Gasteiger partial charge in [-0.05, 0) is 36.8 Å². The number of nitrogens with one attached hydrogen (secondary N) is 1. The highest BCUT2D eigenvalue weighted by Crippen LogP contribution is 2.32. The van der Waals surface area contributed by atoms with Gasteiger partial charge in [0.05, 0.1) is 10.8 Å². The lowest BCUT2D eigenvalue weighted by atomic mass is 9.91. The lowest BCUT2D eigenvalue weighted by molar-refractivity contribution is -0.132. The van der Waals surface area contributed by atoms with E-state index in [2.05, 4.69) is 5.32 Å². The van der Waals surface area contributed by atoms with Gasteiger partial charge in [0, 0.05) is 17.2 Å². The number of anilines is 1. The number of rotatable bonds is 7. The fraction of sp³-hybridized carbons (Fsp3) is 0.320. The fourth-order valence-electron chi connectivity index (χ4n) is 2.98. The van der Waals surface area contributed by atoms with Gasteiger partial charge in [-0.15, -0.1) is 0 Å². The van der Waals surface area contributed by atoms with E-state index in [9.17, 15) is 14.4 Å². The van der Waals surface area contributed by atoms with E-state index in [-0.39, 0.29) is 23.4 Å². The van der Waals surface area contributed by atoms with E-state index in [0.717, 1.165) is 5.56 Å². The van der Waals surface area contributed by atoms with Crippen LogP contribution in [0.5, 0.6) is 5.75 Å². The van der Waals surface area contributed by atoms with Gasteiger partial charge in [0.25, 0.3) is 0 Å². The fourth-order valence-corrected chi connectivity index (χ4v) is 3.98. The van der Waals surface area contributed by atoms with Crippen LogP contribution in [0.25, 0.3) is 0 Å². The second-order valence-electron chi connectivity index (χ2n) is 8.61. The van der Waals surface area contributed by atoms with Crippen molar-refractivity contribution in [1.29, 1.82) is 0 Å².